The van der Waals surface area contributed by atoms with E-state index in [2.05, 4.69) is 0 Å². The molecule has 0 aliphatic carbocycles. The Labute approximate surface area is 87.1 Å². The van der Waals surface area contributed by atoms with E-state index in [0.717, 1.165) is 10.8 Å². The van der Waals surface area contributed by atoms with Crippen LogP contribution in [0.4, 0.5) is 0 Å². The molecule has 3 heteroatoms. The van der Waals surface area contributed by atoms with Crippen LogP contribution >= 0.6 is 11.6 Å². The standard InChI is InChI=1S/C11H10ClNO/c1-7(14)10-8-5-3-4-6-9(8)11(12)13(10)2/h3-6H,1-2H3. The predicted octanol–water partition coefficient (Wildman–Crippen LogP) is 3.03. The summed E-state index contributed by atoms with van der Waals surface area (Å²) < 4.78 is 1.73. The molecule has 0 unspecified atom stereocenters. The van der Waals surface area contributed by atoms with Gasteiger partial charge in [0.2, 0.25) is 0 Å². The molecule has 0 spiro atoms. The zero-order valence-electron chi connectivity index (χ0n) is 8.04. The first-order chi connectivity index (χ1) is 6.63. The normalized spacial score (nSPS) is 10.8. The summed E-state index contributed by atoms with van der Waals surface area (Å²) in [4.78, 5) is 11.4. The van der Waals surface area contributed by atoms with Crippen LogP contribution < -0.4 is 0 Å². The molecule has 72 valence electrons. The summed E-state index contributed by atoms with van der Waals surface area (Å²) >= 11 is 6.10. The fraction of sp³-hybridized carbons (Fsp3) is 0.182. The molecule has 1 aromatic carbocycles. The van der Waals surface area contributed by atoms with Gasteiger partial charge in [-0.25, -0.2) is 0 Å². The summed E-state index contributed by atoms with van der Waals surface area (Å²) in [5.74, 6) is 0.0376. The topological polar surface area (TPSA) is 22.0 Å². The van der Waals surface area contributed by atoms with Crippen LogP contribution in [0.1, 0.15) is 17.4 Å². The second-order valence-corrected chi connectivity index (χ2v) is 3.66. The Balaban J connectivity index is 2.95. The summed E-state index contributed by atoms with van der Waals surface area (Å²) in [5, 5.41) is 2.47. The van der Waals surface area contributed by atoms with Gasteiger partial charge in [-0.3, -0.25) is 4.79 Å². The Morgan fingerprint density at radius 1 is 1.29 bits per heavy atom. The van der Waals surface area contributed by atoms with Crippen molar-refractivity contribution in [2.24, 2.45) is 7.05 Å². The van der Waals surface area contributed by atoms with Gasteiger partial charge in [0.15, 0.2) is 5.78 Å². The van der Waals surface area contributed by atoms with Gasteiger partial charge in [-0.1, -0.05) is 35.9 Å². The van der Waals surface area contributed by atoms with E-state index in [0.29, 0.717) is 10.8 Å². The first-order valence-corrected chi connectivity index (χ1v) is 4.74. The maximum absolute atomic E-state index is 11.4. The molecule has 0 saturated heterocycles. The molecule has 0 aliphatic heterocycles. The van der Waals surface area contributed by atoms with Crippen LogP contribution in [0.5, 0.6) is 0 Å². The molecule has 0 radical (unpaired) electrons. The highest BCUT2D eigenvalue weighted by Crippen LogP contribution is 2.29. The van der Waals surface area contributed by atoms with Gasteiger partial charge in [-0.15, -0.1) is 0 Å². The number of hydrogen-bond donors (Lipinski definition) is 0. The van der Waals surface area contributed by atoms with Crippen LogP contribution in [0.15, 0.2) is 24.3 Å². The molecule has 2 nitrogen and oxygen atoms in total. The van der Waals surface area contributed by atoms with Crippen LogP contribution in [0.3, 0.4) is 0 Å². The lowest BCUT2D eigenvalue weighted by atomic mass is 10.1. The molecular formula is C11H10ClNO. The average Bonchev–Trinajstić information content (AvgIpc) is 2.41. The Morgan fingerprint density at radius 3 is 2.43 bits per heavy atom. The number of rotatable bonds is 1. The lowest BCUT2D eigenvalue weighted by Crippen LogP contribution is -2.01. The van der Waals surface area contributed by atoms with Crippen molar-refractivity contribution in [3.8, 4) is 0 Å². The van der Waals surface area contributed by atoms with Crippen LogP contribution in [0, 0.1) is 0 Å². The maximum atomic E-state index is 11.4. The lowest BCUT2D eigenvalue weighted by Gasteiger charge is -1.98. The first-order valence-electron chi connectivity index (χ1n) is 4.36. The molecule has 0 fully saturated rings. The largest absolute Gasteiger partial charge is 0.331 e. The number of ketones is 1. The van der Waals surface area contributed by atoms with Gasteiger partial charge < -0.3 is 4.57 Å². The second kappa shape index (κ2) is 3.14. The Hall–Kier alpha value is -1.28. The highest BCUT2D eigenvalue weighted by molar-refractivity contribution is 6.36. The third-order valence-corrected chi connectivity index (χ3v) is 2.82. The van der Waals surface area contributed by atoms with Crippen molar-refractivity contribution in [2.45, 2.75) is 6.92 Å². The third-order valence-electron chi connectivity index (χ3n) is 2.37. The molecule has 0 aliphatic rings. The maximum Gasteiger partial charge on any atom is 0.176 e. The van der Waals surface area contributed by atoms with Crippen molar-refractivity contribution in [1.82, 2.24) is 4.57 Å². The van der Waals surface area contributed by atoms with Gasteiger partial charge in [0.1, 0.15) is 5.15 Å². The van der Waals surface area contributed by atoms with Crippen LogP contribution in [0.25, 0.3) is 10.8 Å². The van der Waals surface area contributed by atoms with E-state index in [9.17, 15) is 4.79 Å². The Bertz CT molecular complexity index is 513. The molecule has 1 heterocycles. The van der Waals surface area contributed by atoms with Gasteiger partial charge in [-0.2, -0.15) is 0 Å². The molecule has 0 N–H and O–H groups in total. The number of halogens is 1. The number of benzene rings is 1. The quantitative estimate of drug-likeness (QED) is 0.659. The van der Waals surface area contributed by atoms with Crippen LogP contribution in [-0.2, 0) is 7.05 Å². The number of aromatic nitrogens is 1. The molecule has 0 amide bonds. The summed E-state index contributed by atoms with van der Waals surface area (Å²) in [6.07, 6.45) is 0. The number of Topliss-reactive ketones (excluding diaryl/α,β-unsaturated/α-hetero) is 1. The van der Waals surface area contributed by atoms with E-state index in [-0.39, 0.29) is 5.78 Å². The monoisotopic (exact) mass is 207 g/mol. The molecule has 2 aromatic rings. The van der Waals surface area contributed by atoms with Gasteiger partial charge in [0.25, 0.3) is 0 Å². The fourth-order valence-electron chi connectivity index (χ4n) is 1.75. The predicted molar refractivity (Wildman–Crippen MR) is 57.9 cm³/mol. The lowest BCUT2D eigenvalue weighted by molar-refractivity contribution is 0.101. The van der Waals surface area contributed by atoms with E-state index in [1.807, 2.05) is 24.3 Å². The Kier molecular flexibility index (Phi) is 2.08. The molecule has 1 aromatic heterocycles. The van der Waals surface area contributed by atoms with Crippen LogP contribution in [-0.4, -0.2) is 10.4 Å². The number of carbonyl (C=O) groups is 1. The number of fused-ring (bicyclic) bond motifs is 1. The van der Waals surface area contributed by atoms with Gasteiger partial charge in [0, 0.05) is 24.7 Å². The smallest absolute Gasteiger partial charge is 0.176 e. The number of nitrogens with zero attached hydrogens (tertiary/aromatic N) is 1. The molecule has 0 saturated carbocycles. The molecule has 0 atom stereocenters. The van der Waals surface area contributed by atoms with E-state index in [1.165, 1.54) is 0 Å². The van der Waals surface area contributed by atoms with E-state index in [4.69, 9.17) is 11.6 Å². The molecular weight excluding hydrogens is 198 g/mol. The summed E-state index contributed by atoms with van der Waals surface area (Å²) in [7, 11) is 1.80. The number of hydrogen-bond acceptors (Lipinski definition) is 1. The SMILES string of the molecule is CC(=O)c1c2ccccc2c(Cl)n1C. The van der Waals surface area contributed by atoms with E-state index >= 15 is 0 Å². The Morgan fingerprint density at radius 2 is 1.86 bits per heavy atom. The van der Waals surface area contributed by atoms with Crippen molar-refractivity contribution in [3.63, 3.8) is 0 Å². The van der Waals surface area contributed by atoms with Crippen LogP contribution in [0.2, 0.25) is 5.15 Å². The minimum Gasteiger partial charge on any atom is -0.331 e. The summed E-state index contributed by atoms with van der Waals surface area (Å²) in [6, 6.07) is 7.66. The van der Waals surface area contributed by atoms with Crippen molar-refractivity contribution in [1.29, 1.82) is 0 Å². The van der Waals surface area contributed by atoms with E-state index < -0.39 is 0 Å². The van der Waals surface area contributed by atoms with Crippen molar-refractivity contribution >= 4 is 28.2 Å². The highest BCUT2D eigenvalue weighted by Gasteiger charge is 2.14. The second-order valence-electron chi connectivity index (χ2n) is 3.30. The fourth-order valence-corrected chi connectivity index (χ4v) is 2.00. The zero-order valence-corrected chi connectivity index (χ0v) is 8.80. The van der Waals surface area contributed by atoms with Crippen molar-refractivity contribution in [3.05, 3.63) is 35.1 Å². The molecule has 2 rings (SSSR count). The first kappa shape index (κ1) is 9.28. The van der Waals surface area contributed by atoms with Crippen molar-refractivity contribution < 1.29 is 4.79 Å². The summed E-state index contributed by atoms with van der Waals surface area (Å²) in [6.45, 7) is 1.55. The minimum absolute atomic E-state index is 0.0376. The molecule has 0 bridgehead atoms. The minimum atomic E-state index is 0.0376. The van der Waals surface area contributed by atoms with Gasteiger partial charge >= 0.3 is 0 Å². The van der Waals surface area contributed by atoms with E-state index in [1.54, 1.807) is 18.5 Å². The number of carbonyl (C=O) groups excluding carboxylic acids is 1. The molecule has 14 heavy (non-hydrogen) atoms. The van der Waals surface area contributed by atoms with Gasteiger partial charge in [-0.05, 0) is 0 Å². The van der Waals surface area contributed by atoms with Crippen molar-refractivity contribution in [2.75, 3.05) is 0 Å². The van der Waals surface area contributed by atoms with Gasteiger partial charge in [0.05, 0.1) is 5.69 Å². The highest BCUT2D eigenvalue weighted by atomic mass is 35.5. The average molecular weight is 208 g/mol. The summed E-state index contributed by atoms with van der Waals surface area (Å²) in [5.41, 5.74) is 0.672. The zero-order chi connectivity index (χ0) is 10.3. The third kappa shape index (κ3) is 1.15.